The van der Waals surface area contributed by atoms with Crippen molar-refractivity contribution in [1.82, 2.24) is 9.62 Å². The number of carbonyl (C=O) groups is 1. The summed E-state index contributed by atoms with van der Waals surface area (Å²) in [6.07, 6.45) is -1.26. The molecule has 0 aliphatic carbocycles. The number of nitrogens with zero attached hydrogens (tertiary/aromatic N) is 1. The van der Waals surface area contributed by atoms with Crippen LogP contribution in [0.2, 0.25) is 0 Å². The fourth-order valence-electron chi connectivity index (χ4n) is 2.88. The van der Waals surface area contributed by atoms with E-state index in [-0.39, 0.29) is 16.8 Å². The zero-order valence-corrected chi connectivity index (χ0v) is 15.3. The number of furan rings is 1. The predicted octanol–water partition coefficient (Wildman–Crippen LogP) is 2.76. The van der Waals surface area contributed by atoms with Gasteiger partial charge < -0.3 is 14.1 Å². The maximum atomic E-state index is 12.4. The molecule has 1 fully saturated rings. The van der Waals surface area contributed by atoms with E-state index in [4.69, 9.17) is 4.42 Å². The minimum absolute atomic E-state index is 0.168. The molecule has 0 unspecified atom stereocenters. The lowest BCUT2D eigenvalue weighted by Crippen LogP contribution is -2.46. The van der Waals surface area contributed by atoms with Crippen LogP contribution in [0.15, 0.2) is 52.2 Å². The summed E-state index contributed by atoms with van der Waals surface area (Å²) in [5, 5.41) is 0. The lowest BCUT2D eigenvalue weighted by molar-refractivity contribution is -0.274. The zero-order chi connectivity index (χ0) is 20.4. The average Bonchev–Trinajstić information content (AvgIpc) is 3.15. The summed E-state index contributed by atoms with van der Waals surface area (Å²) in [6.45, 7) is 0.741. The molecule has 28 heavy (non-hydrogen) atoms. The fourth-order valence-corrected chi connectivity index (χ4v) is 4.18. The second kappa shape index (κ2) is 7.84. The molecule has 1 saturated heterocycles. The molecule has 1 N–H and O–H groups in total. The van der Waals surface area contributed by atoms with Crippen LogP contribution in [0, 0.1) is 0 Å². The molecule has 0 saturated carbocycles. The van der Waals surface area contributed by atoms with Crippen molar-refractivity contribution in [2.45, 2.75) is 30.1 Å². The number of benzene rings is 1. The lowest BCUT2D eigenvalue weighted by atomic mass is 10.1. The standard InChI is InChI=1S/C17H17F3N2O5S/c18-17(19,20)27-14-1-3-15(4-2-14)28(24,25)21-13-5-8-22(9-6-13)16(23)12-7-10-26-11-12/h1-4,7,10-11,13,21H,5-6,8-9H2. The lowest BCUT2D eigenvalue weighted by Gasteiger charge is -2.32. The van der Waals surface area contributed by atoms with Gasteiger partial charge in [-0.3, -0.25) is 4.79 Å². The van der Waals surface area contributed by atoms with Crippen LogP contribution in [0.4, 0.5) is 13.2 Å². The molecule has 1 aliphatic rings. The van der Waals surface area contributed by atoms with Gasteiger partial charge in [0.2, 0.25) is 10.0 Å². The first-order valence-corrected chi connectivity index (χ1v) is 9.82. The number of nitrogens with one attached hydrogen (secondary N) is 1. The quantitative estimate of drug-likeness (QED) is 0.807. The molecular formula is C17H17F3N2O5S. The first kappa shape index (κ1) is 20.2. The number of ether oxygens (including phenoxy) is 1. The van der Waals surface area contributed by atoms with Crippen LogP contribution in [-0.4, -0.2) is 44.7 Å². The Morgan fingerprint density at radius 2 is 1.79 bits per heavy atom. The third kappa shape index (κ3) is 5.04. The van der Waals surface area contributed by atoms with Crippen molar-refractivity contribution in [3.63, 3.8) is 0 Å². The summed E-state index contributed by atoms with van der Waals surface area (Å²) in [7, 11) is -3.91. The van der Waals surface area contributed by atoms with E-state index in [0.29, 0.717) is 31.5 Å². The van der Waals surface area contributed by atoms with E-state index in [1.807, 2.05) is 0 Å². The maximum Gasteiger partial charge on any atom is 0.573 e. The molecule has 11 heteroatoms. The second-order valence-corrected chi connectivity index (χ2v) is 7.93. The van der Waals surface area contributed by atoms with Gasteiger partial charge in [0.1, 0.15) is 12.0 Å². The molecule has 1 aromatic heterocycles. The first-order chi connectivity index (χ1) is 13.1. The van der Waals surface area contributed by atoms with Crippen LogP contribution < -0.4 is 9.46 Å². The molecule has 0 atom stereocenters. The molecule has 3 rings (SSSR count). The molecule has 152 valence electrons. The number of halogens is 3. The Morgan fingerprint density at radius 1 is 1.14 bits per heavy atom. The van der Waals surface area contributed by atoms with Crippen LogP contribution in [0.5, 0.6) is 5.75 Å². The van der Waals surface area contributed by atoms with E-state index < -0.39 is 22.1 Å². The number of amides is 1. The normalized spacial score (nSPS) is 16.2. The monoisotopic (exact) mass is 418 g/mol. The molecule has 0 bridgehead atoms. The SMILES string of the molecule is O=C(c1ccoc1)N1CCC(NS(=O)(=O)c2ccc(OC(F)(F)F)cc2)CC1. The van der Waals surface area contributed by atoms with E-state index in [0.717, 1.165) is 24.3 Å². The highest BCUT2D eigenvalue weighted by molar-refractivity contribution is 7.89. The van der Waals surface area contributed by atoms with E-state index in [1.165, 1.54) is 12.5 Å². The summed E-state index contributed by atoms with van der Waals surface area (Å²) >= 11 is 0. The summed E-state index contributed by atoms with van der Waals surface area (Å²) < 4.78 is 72.5. The Bertz CT molecular complexity index is 903. The van der Waals surface area contributed by atoms with Gasteiger partial charge in [-0.2, -0.15) is 0 Å². The number of carbonyl (C=O) groups excluding carboxylic acids is 1. The van der Waals surface area contributed by atoms with Crippen LogP contribution in [0.25, 0.3) is 0 Å². The Labute approximate surface area is 159 Å². The number of piperidine rings is 1. The summed E-state index contributed by atoms with van der Waals surface area (Å²) in [5.41, 5.74) is 0.431. The number of hydrogen-bond acceptors (Lipinski definition) is 5. The topological polar surface area (TPSA) is 88.9 Å². The van der Waals surface area contributed by atoms with Crippen molar-refractivity contribution in [2.75, 3.05) is 13.1 Å². The van der Waals surface area contributed by atoms with Gasteiger partial charge in [0, 0.05) is 19.1 Å². The van der Waals surface area contributed by atoms with Crippen molar-refractivity contribution in [3.05, 3.63) is 48.4 Å². The Kier molecular flexibility index (Phi) is 5.66. The summed E-state index contributed by atoms with van der Waals surface area (Å²) in [5.74, 6) is -0.687. The molecular weight excluding hydrogens is 401 g/mol. The maximum absolute atomic E-state index is 12.4. The molecule has 0 radical (unpaired) electrons. The Hall–Kier alpha value is -2.53. The van der Waals surface area contributed by atoms with Gasteiger partial charge in [-0.15, -0.1) is 13.2 Å². The van der Waals surface area contributed by atoms with Crippen molar-refractivity contribution < 1.29 is 35.5 Å². The highest BCUT2D eigenvalue weighted by atomic mass is 32.2. The van der Waals surface area contributed by atoms with E-state index in [9.17, 15) is 26.4 Å². The first-order valence-electron chi connectivity index (χ1n) is 8.34. The van der Waals surface area contributed by atoms with Crippen molar-refractivity contribution in [2.24, 2.45) is 0 Å². The third-order valence-electron chi connectivity index (χ3n) is 4.24. The predicted molar refractivity (Wildman–Crippen MR) is 91.1 cm³/mol. The number of rotatable bonds is 5. The summed E-state index contributed by atoms with van der Waals surface area (Å²) in [4.78, 5) is 13.7. The number of likely N-dealkylation sites (tertiary alicyclic amines) is 1. The summed E-state index contributed by atoms with van der Waals surface area (Å²) in [6, 6.07) is 5.14. The number of alkyl halides is 3. The van der Waals surface area contributed by atoms with Crippen LogP contribution in [-0.2, 0) is 10.0 Å². The molecule has 7 nitrogen and oxygen atoms in total. The van der Waals surface area contributed by atoms with Crippen molar-refractivity contribution in [3.8, 4) is 5.75 Å². The molecule has 1 aromatic carbocycles. The van der Waals surface area contributed by atoms with Gasteiger partial charge in [-0.1, -0.05) is 0 Å². The highest BCUT2D eigenvalue weighted by Crippen LogP contribution is 2.24. The smallest absolute Gasteiger partial charge is 0.472 e. The van der Waals surface area contributed by atoms with E-state index in [1.54, 1.807) is 11.0 Å². The molecule has 1 amide bonds. The third-order valence-corrected chi connectivity index (χ3v) is 5.78. The van der Waals surface area contributed by atoms with Gasteiger partial charge in [0.15, 0.2) is 0 Å². The van der Waals surface area contributed by atoms with Gasteiger partial charge >= 0.3 is 6.36 Å². The van der Waals surface area contributed by atoms with Crippen LogP contribution >= 0.6 is 0 Å². The zero-order valence-electron chi connectivity index (χ0n) is 14.5. The van der Waals surface area contributed by atoms with Crippen molar-refractivity contribution in [1.29, 1.82) is 0 Å². The Morgan fingerprint density at radius 3 is 2.32 bits per heavy atom. The molecule has 1 aliphatic heterocycles. The van der Waals surface area contributed by atoms with Crippen LogP contribution in [0.1, 0.15) is 23.2 Å². The fraction of sp³-hybridized carbons (Fsp3) is 0.353. The number of hydrogen-bond donors (Lipinski definition) is 1. The van der Waals surface area contributed by atoms with Crippen LogP contribution in [0.3, 0.4) is 0 Å². The van der Waals surface area contributed by atoms with Gasteiger partial charge in [0.25, 0.3) is 5.91 Å². The van der Waals surface area contributed by atoms with Crippen molar-refractivity contribution >= 4 is 15.9 Å². The van der Waals surface area contributed by atoms with E-state index >= 15 is 0 Å². The largest absolute Gasteiger partial charge is 0.573 e. The molecule has 0 spiro atoms. The average molecular weight is 418 g/mol. The highest BCUT2D eigenvalue weighted by Gasteiger charge is 2.31. The van der Waals surface area contributed by atoms with Gasteiger partial charge in [-0.25, -0.2) is 13.1 Å². The van der Waals surface area contributed by atoms with Gasteiger partial charge in [0.05, 0.1) is 16.7 Å². The van der Waals surface area contributed by atoms with Gasteiger partial charge in [-0.05, 0) is 43.2 Å². The molecule has 2 heterocycles. The van der Waals surface area contributed by atoms with E-state index in [2.05, 4.69) is 9.46 Å². The minimum Gasteiger partial charge on any atom is -0.472 e. The second-order valence-electron chi connectivity index (χ2n) is 6.22. The minimum atomic E-state index is -4.85. The number of sulfonamides is 1. The molecule has 2 aromatic rings. The Balaban J connectivity index is 1.57.